The summed E-state index contributed by atoms with van der Waals surface area (Å²) in [6.45, 7) is 2.28. The van der Waals surface area contributed by atoms with Crippen molar-refractivity contribution in [2.75, 3.05) is 26.0 Å². The van der Waals surface area contributed by atoms with Crippen LogP contribution in [0.25, 0.3) is 0 Å². The molecule has 11 heteroatoms. The Morgan fingerprint density at radius 1 is 1.21 bits per heavy atom. The van der Waals surface area contributed by atoms with E-state index < -0.39 is 27.6 Å². The van der Waals surface area contributed by atoms with Crippen LogP contribution in [0.4, 0.5) is 8.78 Å². The van der Waals surface area contributed by atoms with Crippen molar-refractivity contribution >= 4 is 27.7 Å². The number of piperidine rings is 1. The van der Waals surface area contributed by atoms with Crippen molar-refractivity contribution < 1.29 is 31.5 Å². The van der Waals surface area contributed by atoms with Crippen LogP contribution in [0.2, 0.25) is 0 Å². The first-order valence-electron chi connectivity index (χ1n) is 13.1. The number of aliphatic imine (C=N–C) groups is 1. The van der Waals surface area contributed by atoms with Crippen LogP contribution < -0.4 is 5.32 Å². The molecule has 2 heterocycles. The molecule has 1 spiro atoms. The van der Waals surface area contributed by atoms with Crippen molar-refractivity contribution in [3.8, 4) is 0 Å². The van der Waals surface area contributed by atoms with Gasteiger partial charge in [-0.1, -0.05) is 6.07 Å². The maximum Gasteiger partial charge on any atom is 0.337 e. The Morgan fingerprint density at radius 3 is 2.50 bits per heavy atom. The van der Waals surface area contributed by atoms with E-state index in [1.54, 1.807) is 18.2 Å². The predicted molar refractivity (Wildman–Crippen MR) is 139 cm³/mol. The molecule has 0 atom stereocenters. The summed E-state index contributed by atoms with van der Waals surface area (Å²) in [5.41, 5.74) is 1.16. The fraction of sp³-hybridized carbons (Fsp3) is 0.593. The smallest absolute Gasteiger partial charge is 0.337 e. The van der Waals surface area contributed by atoms with Gasteiger partial charge in [0.2, 0.25) is 10.0 Å². The molecule has 38 heavy (non-hydrogen) atoms. The third-order valence-electron chi connectivity index (χ3n) is 8.17. The lowest BCUT2D eigenvalue weighted by molar-refractivity contribution is -0.125. The number of nitrogens with zero attached hydrogens (tertiary/aromatic N) is 2. The number of carbonyl (C=O) groups excluding carboxylic acids is 2. The van der Waals surface area contributed by atoms with E-state index in [0.29, 0.717) is 37.1 Å². The Hall–Kier alpha value is -2.66. The fourth-order valence-corrected chi connectivity index (χ4v) is 7.20. The Bertz CT molecular complexity index is 1230. The summed E-state index contributed by atoms with van der Waals surface area (Å²) in [6.07, 6.45) is 3.90. The summed E-state index contributed by atoms with van der Waals surface area (Å²) < 4.78 is 57.1. The summed E-state index contributed by atoms with van der Waals surface area (Å²) in [4.78, 5) is 29.4. The van der Waals surface area contributed by atoms with Crippen molar-refractivity contribution in [1.82, 2.24) is 9.62 Å². The zero-order valence-corrected chi connectivity index (χ0v) is 22.7. The minimum Gasteiger partial charge on any atom is -0.465 e. The van der Waals surface area contributed by atoms with Crippen LogP contribution in [-0.4, -0.2) is 61.9 Å². The van der Waals surface area contributed by atoms with Gasteiger partial charge < -0.3 is 10.1 Å². The van der Waals surface area contributed by atoms with Crippen molar-refractivity contribution in [3.05, 3.63) is 47.0 Å². The molecule has 0 bridgehead atoms. The number of sulfonamides is 1. The monoisotopic (exact) mass is 551 g/mol. The number of amides is 1. The predicted octanol–water partition coefficient (Wildman–Crippen LogP) is 3.99. The number of nitrogens with one attached hydrogen (secondary N) is 1. The van der Waals surface area contributed by atoms with E-state index in [1.165, 1.54) is 11.4 Å². The quantitative estimate of drug-likeness (QED) is 0.492. The lowest BCUT2D eigenvalue weighted by Crippen LogP contribution is -2.51. The Labute approximate surface area is 222 Å². The molecule has 1 N–H and O–H groups in total. The number of methoxy groups -OCH3 is 1. The van der Waals surface area contributed by atoms with Crippen LogP contribution in [0.5, 0.6) is 0 Å². The summed E-state index contributed by atoms with van der Waals surface area (Å²) in [5.74, 6) is 0.320. The zero-order chi connectivity index (χ0) is 27.5. The van der Waals surface area contributed by atoms with Gasteiger partial charge in [-0.2, -0.15) is 8.78 Å². The van der Waals surface area contributed by atoms with Gasteiger partial charge in [0.15, 0.2) is 0 Å². The van der Waals surface area contributed by atoms with Crippen molar-refractivity contribution in [1.29, 1.82) is 0 Å². The van der Waals surface area contributed by atoms with Crippen LogP contribution in [0.1, 0.15) is 66.4 Å². The van der Waals surface area contributed by atoms with Crippen LogP contribution >= 0.6 is 0 Å². The molecule has 0 aromatic heterocycles. The highest BCUT2D eigenvalue weighted by Gasteiger charge is 2.48. The lowest BCUT2D eigenvalue weighted by Gasteiger charge is -2.34. The molecule has 2 fully saturated rings. The van der Waals surface area contributed by atoms with Gasteiger partial charge in [-0.15, -0.1) is 0 Å². The number of allylic oxidation sites excluding steroid dienone is 1. The number of hydrogen-bond acceptors (Lipinski definition) is 6. The number of hydrogen-bond donors (Lipinski definition) is 1. The molecule has 208 valence electrons. The number of aryl methyl sites for hydroxylation is 2. The second-order valence-corrected chi connectivity index (χ2v) is 12.6. The molecule has 2 aliphatic heterocycles. The first kappa shape index (κ1) is 28.4. The highest BCUT2D eigenvalue weighted by molar-refractivity contribution is 7.89. The molecule has 1 saturated carbocycles. The van der Waals surface area contributed by atoms with Crippen molar-refractivity contribution in [2.24, 2.45) is 16.8 Å². The van der Waals surface area contributed by atoms with Gasteiger partial charge in [0.05, 0.1) is 18.4 Å². The highest BCUT2D eigenvalue weighted by Crippen LogP contribution is 2.37. The second kappa shape index (κ2) is 11.6. The van der Waals surface area contributed by atoms with Gasteiger partial charge in [0.1, 0.15) is 11.4 Å². The average Bonchev–Trinajstić information content (AvgIpc) is 3.21. The van der Waals surface area contributed by atoms with Gasteiger partial charge in [-0.25, -0.2) is 17.5 Å². The minimum absolute atomic E-state index is 0.0656. The van der Waals surface area contributed by atoms with Crippen LogP contribution in [-0.2, 0) is 26.0 Å². The molecule has 1 aliphatic carbocycles. The van der Waals surface area contributed by atoms with Crippen LogP contribution in [0, 0.1) is 18.8 Å². The van der Waals surface area contributed by atoms with Gasteiger partial charge >= 0.3 is 5.97 Å². The van der Waals surface area contributed by atoms with E-state index in [2.05, 4.69) is 5.32 Å². The SMILES string of the molecule is COC(=O)c1ccc(CCS(=O)(=O)N2CCC3(CC2)N=C([C@H]2CC[C@@H](CC=C(F)F)CC2)NC3=O)c(C)c1. The van der Waals surface area contributed by atoms with Crippen molar-refractivity contribution in [3.63, 3.8) is 0 Å². The van der Waals surface area contributed by atoms with E-state index in [1.807, 2.05) is 6.92 Å². The van der Waals surface area contributed by atoms with Gasteiger partial charge in [0.25, 0.3) is 12.0 Å². The number of rotatable bonds is 8. The van der Waals surface area contributed by atoms with Crippen LogP contribution in [0.3, 0.4) is 0 Å². The maximum atomic E-state index is 13.1. The minimum atomic E-state index is -3.54. The normalized spacial score (nSPS) is 23.6. The lowest BCUT2D eigenvalue weighted by atomic mass is 9.80. The summed E-state index contributed by atoms with van der Waals surface area (Å²) >= 11 is 0. The molecule has 8 nitrogen and oxygen atoms in total. The molecule has 0 radical (unpaired) electrons. The highest BCUT2D eigenvalue weighted by atomic mass is 32.2. The van der Waals surface area contributed by atoms with E-state index in [0.717, 1.165) is 42.9 Å². The standard InChI is InChI=1S/C27H35F2N3O5S/c1-18-17-22(25(33)37-2)9-8-20(18)11-16-38(35,36)32-14-12-27(13-15-32)26(34)30-24(31-27)21-6-3-19(4-7-21)5-10-23(28)29/h8-10,17,19,21H,3-7,11-16H2,1-2H3,(H,30,31,34)/t19-,21+. The topological polar surface area (TPSA) is 105 Å². The zero-order valence-electron chi connectivity index (χ0n) is 21.8. The average molecular weight is 552 g/mol. The van der Waals surface area contributed by atoms with E-state index in [-0.39, 0.29) is 36.6 Å². The van der Waals surface area contributed by atoms with E-state index in [9.17, 15) is 26.8 Å². The van der Waals surface area contributed by atoms with Gasteiger partial charge in [0, 0.05) is 19.0 Å². The third kappa shape index (κ3) is 6.31. The van der Waals surface area contributed by atoms with Gasteiger partial charge in [-0.05, 0) is 93.5 Å². The Balaban J connectivity index is 1.32. The number of halogens is 2. The largest absolute Gasteiger partial charge is 0.465 e. The van der Waals surface area contributed by atoms with Crippen LogP contribution in [0.15, 0.2) is 35.3 Å². The molecule has 4 rings (SSSR count). The fourth-order valence-electron chi connectivity index (χ4n) is 5.73. The van der Waals surface area contributed by atoms with E-state index in [4.69, 9.17) is 9.73 Å². The molecule has 0 unspecified atom stereocenters. The summed E-state index contributed by atoms with van der Waals surface area (Å²) in [5, 5.41) is 2.95. The number of carbonyl (C=O) groups is 2. The number of ether oxygens (including phenoxy) is 1. The Morgan fingerprint density at radius 2 is 1.89 bits per heavy atom. The third-order valence-corrected chi connectivity index (χ3v) is 10.0. The number of esters is 1. The summed E-state index contributed by atoms with van der Waals surface area (Å²) in [6, 6.07) is 5.08. The summed E-state index contributed by atoms with van der Waals surface area (Å²) in [7, 11) is -2.23. The van der Waals surface area contributed by atoms with Crippen molar-refractivity contribution in [2.45, 2.75) is 63.8 Å². The maximum absolute atomic E-state index is 13.1. The molecular weight excluding hydrogens is 516 g/mol. The second-order valence-electron chi connectivity index (χ2n) is 10.5. The number of amidine groups is 1. The molecular formula is C27H35F2N3O5S. The molecule has 1 aromatic rings. The first-order valence-corrected chi connectivity index (χ1v) is 14.7. The molecule has 3 aliphatic rings. The molecule has 1 saturated heterocycles. The van der Waals surface area contributed by atoms with Gasteiger partial charge in [-0.3, -0.25) is 9.79 Å². The first-order chi connectivity index (χ1) is 18.0. The molecule has 1 aromatic carbocycles. The molecule has 1 amide bonds. The number of benzene rings is 1. The van der Waals surface area contributed by atoms with E-state index >= 15 is 0 Å². The Kier molecular flexibility index (Phi) is 8.66.